The average molecular weight is 543 g/mol. The Bertz CT molecular complexity index is 681. The van der Waals surface area contributed by atoms with Crippen molar-refractivity contribution >= 4 is 11.9 Å². The zero-order valence-corrected chi connectivity index (χ0v) is 23.4. The first-order valence-electron chi connectivity index (χ1n) is 13.6. The fourth-order valence-corrected chi connectivity index (χ4v) is 3.12. The number of ether oxygens (including phenoxy) is 8. The van der Waals surface area contributed by atoms with Gasteiger partial charge in [0.1, 0.15) is 13.2 Å². The molecule has 0 saturated carbocycles. The van der Waals surface area contributed by atoms with E-state index in [4.69, 9.17) is 37.9 Å². The summed E-state index contributed by atoms with van der Waals surface area (Å²) in [5, 5.41) is 0. The van der Waals surface area contributed by atoms with Crippen LogP contribution in [0.5, 0.6) is 0 Å². The van der Waals surface area contributed by atoms with Crippen LogP contribution in [-0.4, -0.2) is 90.6 Å². The molecule has 218 valence electrons. The molecule has 1 aromatic rings. The lowest BCUT2D eigenvalue weighted by Crippen LogP contribution is -2.25. The molecule has 38 heavy (non-hydrogen) atoms. The standard InChI is InChI=1S/C28H46O10/c1-5-9-15-35-25(33-7-3)21-31-17-19-37-27(29)23-13-11-12-14-24(23)28(30)38-20-18-32-22-26(34-8-4)36-16-10-6-2/h11-14,25-26H,5-10,15-22H2,1-4H3. The summed E-state index contributed by atoms with van der Waals surface area (Å²) in [5.41, 5.74) is 0.239. The van der Waals surface area contributed by atoms with Crippen LogP contribution in [0, 0.1) is 0 Å². The van der Waals surface area contributed by atoms with Crippen molar-refractivity contribution in [3.8, 4) is 0 Å². The number of rotatable bonds is 24. The van der Waals surface area contributed by atoms with Gasteiger partial charge in [0.05, 0.1) is 37.6 Å². The van der Waals surface area contributed by atoms with Crippen molar-refractivity contribution in [1.29, 1.82) is 0 Å². The summed E-state index contributed by atoms with van der Waals surface area (Å²) in [6.07, 6.45) is 3.03. The third kappa shape index (κ3) is 15.4. The minimum Gasteiger partial charge on any atom is -0.460 e. The minimum absolute atomic E-state index is 0.0190. The molecule has 0 aliphatic carbocycles. The van der Waals surface area contributed by atoms with Gasteiger partial charge >= 0.3 is 11.9 Å². The molecule has 1 rings (SSSR count). The van der Waals surface area contributed by atoms with E-state index in [-0.39, 0.29) is 50.8 Å². The van der Waals surface area contributed by atoms with Gasteiger partial charge in [-0.2, -0.15) is 0 Å². The van der Waals surface area contributed by atoms with Gasteiger partial charge in [0, 0.05) is 26.4 Å². The number of carbonyl (C=O) groups excluding carboxylic acids is 2. The number of hydrogen-bond donors (Lipinski definition) is 0. The van der Waals surface area contributed by atoms with Crippen molar-refractivity contribution < 1.29 is 47.5 Å². The highest BCUT2D eigenvalue weighted by Crippen LogP contribution is 2.12. The molecule has 0 fully saturated rings. The highest BCUT2D eigenvalue weighted by Gasteiger charge is 2.19. The largest absolute Gasteiger partial charge is 0.460 e. The Morgan fingerprint density at radius 2 is 1.03 bits per heavy atom. The highest BCUT2D eigenvalue weighted by atomic mass is 16.7. The van der Waals surface area contributed by atoms with Crippen LogP contribution in [0.4, 0.5) is 0 Å². The fraction of sp³-hybridized carbons (Fsp3) is 0.714. The second-order valence-corrected chi connectivity index (χ2v) is 8.19. The SMILES string of the molecule is CCCCOC(COCCOC(=O)c1ccccc1C(=O)OCCOCC(OCC)OCCCC)OCC. The van der Waals surface area contributed by atoms with Crippen LogP contribution in [0.3, 0.4) is 0 Å². The Morgan fingerprint density at radius 1 is 0.605 bits per heavy atom. The smallest absolute Gasteiger partial charge is 0.339 e. The molecule has 0 saturated heterocycles. The van der Waals surface area contributed by atoms with Crippen molar-refractivity contribution in [2.75, 3.05) is 66.1 Å². The first-order valence-corrected chi connectivity index (χ1v) is 13.6. The molecule has 0 N–H and O–H groups in total. The topological polar surface area (TPSA) is 108 Å². The Labute approximate surface area is 227 Å². The van der Waals surface area contributed by atoms with E-state index in [0.717, 1.165) is 25.7 Å². The van der Waals surface area contributed by atoms with Crippen LogP contribution in [0.15, 0.2) is 24.3 Å². The van der Waals surface area contributed by atoms with Crippen LogP contribution >= 0.6 is 0 Å². The predicted molar refractivity (Wildman–Crippen MR) is 141 cm³/mol. The van der Waals surface area contributed by atoms with E-state index < -0.39 is 24.5 Å². The molecule has 0 bridgehead atoms. The molecule has 0 radical (unpaired) electrons. The normalized spacial score (nSPS) is 12.7. The minimum atomic E-state index is -0.637. The Hall–Kier alpha value is -2.08. The summed E-state index contributed by atoms with van der Waals surface area (Å²) in [6, 6.07) is 6.34. The van der Waals surface area contributed by atoms with E-state index in [2.05, 4.69) is 13.8 Å². The van der Waals surface area contributed by atoms with Gasteiger partial charge in [-0.05, 0) is 38.8 Å². The molecule has 0 heterocycles. The number of esters is 2. The van der Waals surface area contributed by atoms with Gasteiger partial charge in [-0.25, -0.2) is 9.59 Å². The lowest BCUT2D eigenvalue weighted by molar-refractivity contribution is -0.171. The van der Waals surface area contributed by atoms with Crippen LogP contribution in [0.25, 0.3) is 0 Å². The van der Waals surface area contributed by atoms with Gasteiger partial charge in [0.25, 0.3) is 0 Å². The molecule has 0 aliphatic heterocycles. The number of carbonyl (C=O) groups is 2. The zero-order chi connectivity index (χ0) is 27.8. The van der Waals surface area contributed by atoms with E-state index in [1.165, 1.54) is 12.1 Å². The van der Waals surface area contributed by atoms with Crippen molar-refractivity contribution in [3.63, 3.8) is 0 Å². The third-order valence-electron chi connectivity index (χ3n) is 5.10. The summed E-state index contributed by atoms with van der Waals surface area (Å²) in [7, 11) is 0. The second-order valence-electron chi connectivity index (χ2n) is 8.19. The molecule has 2 unspecified atom stereocenters. The first-order chi connectivity index (χ1) is 18.6. The van der Waals surface area contributed by atoms with Gasteiger partial charge < -0.3 is 37.9 Å². The summed E-state index contributed by atoms with van der Waals surface area (Å²) in [5.74, 6) is -1.27. The third-order valence-corrected chi connectivity index (χ3v) is 5.10. The quantitative estimate of drug-likeness (QED) is 0.106. The van der Waals surface area contributed by atoms with Gasteiger partial charge in [0.15, 0.2) is 12.6 Å². The van der Waals surface area contributed by atoms with Crippen molar-refractivity contribution in [3.05, 3.63) is 35.4 Å². The Morgan fingerprint density at radius 3 is 1.39 bits per heavy atom. The number of unbranched alkanes of at least 4 members (excludes halogenated alkanes) is 2. The summed E-state index contributed by atoms with van der Waals surface area (Å²) in [6.45, 7) is 11.0. The van der Waals surface area contributed by atoms with E-state index in [9.17, 15) is 9.59 Å². The summed E-state index contributed by atoms with van der Waals surface area (Å²) in [4.78, 5) is 25.2. The van der Waals surface area contributed by atoms with E-state index in [1.807, 2.05) is 13.8 Å². The maximum Gasteiger partial charge on any atom is 0.339 e. The molecular formula is C28H46O10. The average Bonchev–Trinajstić information content (AvgIpc) is 2.92. The predicted octanol–water partition coefficient (Wildman–Crippen LogP) is 4.39. The Kier molecular flexibility index (Phi) is 20.4. The lowest BCUT2D eigenvalue weighted by Gasteiger charge is -2.18. The molecule has 10 heteroatoms. The van der Waals surface area contributed by atoms with Gasteiger partial charge in [0.2, 0.25) is 0 Å². The Balaban J connectivity index is 2.40. The molecular weight excluding hydrogens is 496 g/mol. The van der Waals surface area contributed by atoms with Crippen LogP contribution in [0.2, 0.25) is 0 Å². The summed E-state index contributed by atoms with van der Waals surface area (Å²) >= 11 is 0. The molecule has 10 nitrogen and oxygen atoms in total. The second kappa shape index (κ2) is 22.9. The van der Waals surface area contributed by atoms with E-state index in [1.54, 1.807) is 12.1 Å². The molecule has 0 aliphatic rings. The maximum absolute atomic E-state index is 12.6. The number of benzene rings is 1. The van der Waals surface area contributed by atoms with Crippen LogP contribution in [0.1, 0.15) is 74.1 Å². The van der Waals surface area contributed by atoms with Crippen molar-refractivity contribution in [2.24, 2.45) is 0 Å². The molecule has 2 atom stereocenters. The van der Waals surface area contributed by atoms with Crippen LogP contribution < -0.4 is 0 Å². The van der Waals surface area contributed by atoms with E-state index >= 15 is 0 Å². The zero-order valence-electron chi connectivity index (χ0n) is 23.4. The van der Waals surface area contributed by atoms with Gasteiger partial charge in [-0.3, -0.25) is 0 Å². The maximum atomic E-state index is 12.6. The van der Waals surface area contributed by atoms with Gasteiger partial charge in [-0.1, -0.05) is 38.8 Å². The fourth-order valence-electron chi connectivity index (χ4n) is 3.12. The molecule has 0 amide bonds. The number of hydrogen-bond acceptors (Lipinski definition) is 10. The molecule has 0 aromatic heterocycles. The van der Waals surface area contributed by atoms with Crippen molar-refractivity contribution in [1.82, 2.24) is 0 Å². The highest BCUT2D eigenvalue weighted by molar-refractivity contribution is 6.03. The van der Waals surface area contributed by atoms with Crippen LogP contribution in [-0.2, 0) is 37.9 Å². The van der Waals surface area contributed by atoms with E-state index in [0.29, 0.717) is 26.4 Å². The molecule has 0 spiro atoms. The monoisotopic (exact) mass is 542 g/mol. The first kappa shape index (κ1) is 33.9. The van der Waals surface area contributed by atoms with Gasteiger partial charge in [-0.15, -0.1) is 0 Å². The summed E-state index contributed by atoms with van der Waals surface area (Å²) < 4.78 is 43.9. The molecule has 1 aromatic carbocycles. The lowest BCUT2D eigenvalue weighted by atomic mass is 10.1. The van der Waals surface area contributed by atoms with Crippen molar-refractivity contribution in [2.45, 2.75) is 66.0 Å².